The van der Waals surface area contributed by atoms with Gasteiger partial charge in [-0.3, -0.25) is 0 Å². The number of nitrogens with zero attached hydrogens (tertiary/aromatic N) is 1. The molecule has 10 heavy (non-hydrogen) atoms. The van der Waals surface area contributed by atoms with E-state index in [1.165, 1.54) is 19.2 Å². The summed E-state index contributed by atoms with van der Waals surface area (Å²) in [7, 11) is 0. The highest BCUT2D eigenvalue weighted by Gasteiger charge is 1.77. The summed E-state index contributed by atoms with van der Waals surface area (Å²) in [6, 6.07) is 0. The molecule has 0 spiro atoms. The molecule has 1 aromatic heterocycles. The number of rotatable bonds is 1. The van der Waals surface area contributed by atoms with E-state index in [4.69, 9.17) is 4.42 Å². The molecule has 1 heterocycles. The van der Waals surface area contributed by atoms with Gasteiger partial charge in [0.1, 0.15) is 5.76 Å². The van der Waals surface area contributed by atoms with Crippen LogP contribution in [0.2, 0.25) is 0 Å². The minimum absolute atomic E-state index is 0.856. The van der Waals surface area contributed by atoms with Crippen molar-refractivity contribution in [3.63, 3.8) is 0 Å². The van der Waals surface area contributed by atoms with E-state index in [-0.39, 0.29) is 0 Å². The first-order chi connectivity index (χ1) is 4.81. The van der Waals surface area contributed by atoms with Gasteiger partial charge in [-0.1, -0.05) is 26.7 Å². The van der Waals surface area contributed by atoms with Crippen LogP contribution in [0, 0.1) is 6.92 Å². The highest BCUT2D eigenvalue weighted by atomic mass is 16.3. The number of oxazole rings is 1. The van der Waals surface area contributed by atoms with Crippen LogP contribution in [0.4, 0.5) is 0 Å². The van der Waals surface area contributed by atoms with Crippen LogP contribution < -0.4 is 0 Å². The van der Waals surface area contributed by atoms with Gasteiger partial charge in [-0.05, 0) is 6.92 Å². The molecule has 2 nitrogen and oxygen atoms in total. The smallest absolute Gasteiger partial charge is 0.180 e. The second-order valence-electron chi connectivity index (χ2n) is 2.11. The zero-order valence-corrected chi connectivity index (χ0v) is 6.92. The van der Waals surface area contributed by atoms with Crippen molar-refractivity contribution in [3.8, 4) is 0 Å². The Hall–Kier alpha value is -0.790. The van der Waals surface area contributed by atoms with Gasteiger partial charge in [-0.2, -0.15) is 0 Å². The summed E-state index contributed by atoms with van der Waals surface area (Å²) in [5.74, 6) is 0.856. The number of hydrogen-bond acceptors (Lipinski definition) is 2. The minimum Gasteiger partial charge on any atom is -0.449 e. The Bertz CT molecular complexity index is 133. The Balaban J connectivity index is 0.000000180. The van der Waals surface area contributed by atoms with Crippen LogP contribution in [0.1, 0.15) is 32.4 Å². The van der Waals surface area contributed by atoms with Crippen molar-refractivity contribution in [2.75, 3.05) is 0 Å². The van der Waals surface area contributed by atoms with E-state index in [2.05, 4.69) is 18.8 Å². The van der Waals surface area contributed by atoms with Gasteiger partial charge in [0.05, 0.1) is 6.20 Å². The lowest BCUT2D eigenvalue weighted by atomic mass is 10.4. The molecule has 0 N–H and O–H groups in total. The number of aromatic nitrogens is 1. The van der Waals surface area contributed by atoms with Crippen LogP contribution in [0.15, 0.2) is 17.0 Å². The zero-order chi connectivity index (χ0) is 7.82. The van der Waals surface area contributed by atoms with E-state index in [0.717, 1.165) is 5.76 Å². The molecule has 0 radical (unpaired) electrons. The van der Waals surface area contributed by atoms with E-state index in [0.29, 0.717) is 0 Å². The topological polar surface area (TPSA) is 26.0 Å². The maximum absolute atomic E-state index is 4.72. The molecule has 0 atom stereocenters. The molecule has 0 bridgehead atoms. The Morgan fingerprint density at radius 1 is 1.40 bits per heavy atom. The van der Waals surface area contributed by atoms with Gasteiger partial charge in [0, 0.05) is 0 Å². The van der Waals surface area contributed by atoms with Crippen LogP contribution >= 0.6 is 0 Å². The second-order valence-corrected chi connectivity index (χ2v) is 2.11. The van der Waals surface area contributed by atoms with Gasteiger partial charge >= 0.3 is 0 Å². The molecule has 0 fully saturated rings. The Labute approximate surface area is 62.3 Å². The summed E-state index contributed by atoms with van der Waals surface area (Å²) < 4.78 is 4.72. The summed E-state index contributed by atoms with van der Waals surface area (Å²) in [6.07, 6.45) is 5.72. The van der Waals surface area contributed by atoms with Gasteiger partial charge in [0.2, 0.25) is 0 Å². The molecule has 0 saturated carbocycles. The first kappa shape index (κ1) is 9.21. The van der Waals surface area contributed by atoms with Crippen LogP contribution in [-0.2, 0) is 0 Å². The third-order valence-corrected chi connectivity index (χ3v) is 1.06. The first-order valence-corrected chi connectivity index (χ1v) is 3.66. The minimum atomic E-state index is 0.856. The quantitative estimate of drug-likeness (QED) is 0.601. The second kappa shape index (κ2) is 6.33. The SMILES string of the molecule is CCCC.Cc1cnco1. The molecular weight excluding hydrogens is 126 g/mol. The number of unbranched alkanes of at least 4 members (excludes halogenated alkanes) is 1. The van der Waals surface area contributed by atoms with Crippen molar-refractivity contribution in [2.24, 2.45) is 0 Å². The van der Waals surface area contributed by atoms with Crippen molar-refractivity contribution in [2.45, 2.75) is 33.6 Å². The molecular formula is C8H15NO. The van der Waals surface area contributed by atoms with Crippen molar-refractivity contribution in [1.29, 1.82) is 0 Å². The largest absolute Gasteiger partial charge is 0.449 e. The molecule has 1 aromatic rings. The fourth-order valence-electron chi connectivity index (χ4n) is 0.279. The fraction of sp³-hybridized carbons (Fsp3) is 0.625. The zero-order valence-electron chi connectivity index (χ0n) is 6.92. The molecule has 0 amide bonds. The summed E-state index contributed by atoms with van der Waals surface area (Å²) in [5.41, 5.74) is 0. The maximum atomic E-state index is 4.72. The molecule has 0 saturated heterocycles. The van der Waals surface area contributed by atoms with Gasteiger partial charge in [-0.25, -0.2) is 4.98 Å². The lowest BCUT2D eigenvalue weighted by Crippen LogP contribution is -1.50. The fourth-order valence-corrected chi connectivity index (χ4v) is 0.279. The van der Waals surface area contributed by atoms with E-state index < -0.39 is 0 Å². The van der Waals surface area contributed by atoms with Crippen LogP contribution in [0.5, 0.6) is 0 Å². The maximum Gasteiger partial charge on any atom is 0.180 e. The Kier molecular flexibility index (Phi) is 5.83. The van der Waals surface area contributed by atoms with Gasteiger partial charge in [0.25, 0.3) is 0 Å². The lowest BCUT2D eigenvalue weighted by Gasteiger charge is -1.68. The van der Waals surface area contributed by atoms with Gasteiger partial charge in [0.15, 0.2) is 6.39 Å². The van der Waals surface area contributed by atoms with Crippen LogP contribution in [-0.4, -0.2) is 4.98 Å². The molecule has 0 aliphatic heterocycles. The predicted octanol–water partition coefficient (Wildman–Crippen LogP) is 2.79. The molecule has 0 aliphatic rings. The lowest BCUT2D eigenvalue weighted by molar-refractivity contribution is 0.527. The Morgan fingerprint density at radius 3 is 2.10 bits per heavy atom. The van der Waals surface area contributed by atoms with Crippen molar-refractivity contribution >= 4 is 0 Å². The summed E-state index contributed by atoms with van der Waals surface area (Å²) >= 11 is 0. The molecule has 0 unspecified atom stereocenters. The van der Waals surface area contributed by atoms with E-state index in [9.17, 15) is 0 Å². The summed E-state index contributed by atoms with van der Waals surface area (Å²) in [4.78, 5) is 3.66. The van der Waals surface area contributed by atoms with Crippen LogP contribution in [0.25, 0.3) is 0 Å². The molecule has 0 aromatic carbocycles. The standard InChI is InChI=1S/C4H5NO.C4H10/c1-4-2-5-3-6-4;1-3-4-2/h2-3H,1H3;3-4H2,1-2H3. The highest BCUT2D eigenvalue weighted by molar-refractivity contribution is 4.80. The van der Waals surface area contributed by atoms with E-state index >= 15 is 0 Å². The average molecular weight is 141 g/mol. The van der Waals surface area contributed by atoms with Crippen LogP contribution in [0.3, 0.4) is 0 Å². The molecule has 2 heteroatoms. The third kappa shape index (κ3) is 5.35. The summed E-state index contributed by atoms with van der Waals surface area (Å²) in [5, 5.41) is 0. The average Bonchev–Trinajstić information content (AvgIpc) is 2.40. The predicted molar refractivity (Wildman–Crippen MR) is 41.8 cm³/mol. The van der Waals surface area contributed by atoms with Gasteiger partial charge in [-0.15, -0.1) is 0 Å². The summed E-state index contributed by atoms with van der Waals surface area (Å²) in [6.45, 7) is 6.22. The van der Waals surface area contributed by atoms with E-state index in [1.54, 1.807) is 6.20 Å². The monoisotopic (exact) mass is 141 g/mol. The normalized spacial score (nSPS) is 8.30. The van der Waals surface area contributed by atoms with E-state index in [1.807, 2.05) is 6.92 Å². The van der Waals surface area contributed by atoms with Crippen molar-refractivity contribution in [1.82, 2.24) is 4.98 Å². The number of hydrogen-bond donors (Lipinski definition) is 0. The highest BCUT2D eigenvalue weighted by Crippen LogP contribution is 1.88. The Morgan fingerprint density at radius 2 is 2.00 bits per heavy atom. The van der Waals surface area contributed by atoms with Crippen molar-refractivity contribution in [3.05, 3.63) is 18.4 Å². The third-order valence-electron chi connectivity index (χ3n) is 1.06. The van der Waals surface area contributed by atoms with Crippen molar-refractivity contribution < 1.29 is 4.42 Å². The molecule has 58 valence electrons. The first-order valence-electron chi connectivity index (χ1n) is 3.66. The number of aryl methyl sites for hydroxylation is 1. The molecule has 0 aliphatic carbocycles. The molecule has 1 rings (SSSR count). The van der Waals surface area contributed by atoms with Gasteiger partial charge < -0.3 is 4.42 Å².